The number of hydrogen-bond donors (Lipinski definition) is 3. The van der Waals surface area contributed by atoms with Crippen LogP contribution in [0.15, 0.2) is 48.5 Å². The molecule has 2 rings (SSSR count). The third kappa shape index (κ3) is 7.01. The summed E-state index contributed by atoms with van der Waals surface area (Å²) in [5, 5.41) is 8.70. The van der Waals surface area contributed by atoms with E-state index in [-0.39, 0.29) is 24.5 Å². The quantitative estimate of drug-likeness (QED) is 0.630. The Morgan fingerprint density at radius 1 is 1.04 bits per heavy atom. The van der Waals surface area contributed by atoms with Crippen LogP contribution >= 0.6 is 0 Å². The summed E-state index contributed by atoms with van der Waals surface area (Å²) >= 11 is 0. The molecule has 0 bridgehead atoms. The Morgan fingerprint density at radius 2 is 1.78 bits per heavy atom. The minimum atomic E-state index is -0.183. The van der Waals surface area contributed by atoms with Crippen molar-refractivity contribution in [3.63, 3.8) is 0 Å². The van der Waals surface area contributed by atoms with E-state index in [9.17, 15) is 9.59 Å². The van der Waals surface area contributed by atoms with E-state index in [0.717, 1.165) is 6.42 Å². The number of ether oxygens (including phenoxy) is 1. The van der Waals surface area contributed by atoms with Gasteiger partial charge in [0.05, 0.1) is 12.6 Å². The van der Waals surface area contributed by atoms with E-state index in [1.807, 2.05) is 45.0 Å². The lowest BCUT2D eigenvalue weighted by molar-refractivity contribution is -0.114. The average Bonchev–Trinajstić information content (AvgIpc) is 2.64. The van der Waals surface area contributed by atoms with Crippen LogP contribution in [0.2, 0.25) is 0 Å². The molecular weight excluding hydrogens is 342 g/mol. The molecule has 0 saturated carbocycles. The fourth-order valence-corrected chi connectivity index (χ4v) is 2.42. The first-order valence-electron chi connectivity index (χ1n) is 9.16. The molecule has 2 aromatic rings. The molecule has 2 aromatic carbocycles. The number of hydrogen-bond acceptors (Lipinski definition) is 4. The van der Waals surface area contributed by atoms with Gasteiger partial charge in [0, 0.05) is 29.5 Å². The fourth-order valence-electron chi connectivity index (χ4n) is 2.42. The van der Waals surface area contributed by atoms with Crippen molar-refractivity contribution in [3.05, 3.63) is 54.1 Å². The van der Waals surface area contributed by atoms with E-state index in [4.69, 9.17) is 4.74 Å². The molecule has 0 atom stereocenters. The Balaban J connectivity index is 1.89. The highest BCUT2D eigenvalue weighted by Crippen LogP contribution is 2.18. The van der Waals surface area contributed by atoms with Crippen LogP contribution in [-0.4, -0.2) is 31.0 Å². The van der Waals surface area contributed by atoms with Crippen molar-refractivity contribution in [1.82, 2.24) is 5.32 Å². The molecule has 6 heteroatoms. The maximum atomic E-state index is 12.2. The average molecular weight is 369 g/mol. The summed E-state index contributed by atoms with van der Waals surface area (Å²) in [4.78, 5) is 24.2. The second kappa shape index (κ2) is 10.2. The molecule has 0 aliphatic rings. The van der Waals surface area contributed by atoms with Crippen molar-refractivity contribution in [2.24, 2.45) is 0 Å². The van der Waals surface area contributed by atoms with Gasteiger partial charge in [-0.2, -0.15) is 0 Å². The molecule has 6 nitrogen and oxygen atoms in total. The molecule has 0 spiro atoms. The Kier molecular flexibility index (Phi) is 7.67. The van der Waals surface area contributed by atoms with Crippen molar-refractivity contribution in [2.45, 2.75) is 33.3 Å². The van der Waals surface area contributed by atoms with Crippen LogP contribution in [0.25, 0.3) is 0 Å². The SMILES string of the molecule is CCCNC(=O)c1cccc(NCC(=O)Nc2cccc(OC(C)C)c2)c1. The number of amides is 2. The molecule has 144 valence electrons. The highest BCUT2D eigenvalue weighted by Gasteiger charge is 2.07. The smallest absolute Gasteiger partial charge is 0.251 e. The zero-order valence-corrected chi connectivity index (χ0v) is 16.0. The summed E-state index contributed by atoms with van der Waals surface area (Å²) < 4.78 is 5.62. The van der Waals surface area contributed by atoms with Crippen LogP contribution in [0.4, 0.5) is 11.4 Å². The zero-order chi connectivity index (χ0) is 19.6. The summed E-state index contributed by atoms with van der Waals surface area (Å²) in [6, 6.07) is 14.4. The first-order valence-corrected chi connectivity index (χ1v) is 9.16. The van der Waals surface area contributed by atoms with Crippen molar-refractivity contribution in [3.8, 4) is 5.75 Å². The summed E-state index contributed by atoms with van der Waals surface area (Å²) in [5.41, 5.74) is 1.95. The van der Waals surface area contributed by atoms with Gasteiger partial charge in [0.1, 0.15) is 5.75 Å². The van der Waals surface area contributed by atoms with Gasteiger partial charge in [0.2, 0.25) is 5.91 Å². The van der Waals surface area contributed by atoms with E-state index < -0.39 is 0 Å². The van der Waals surface area contributed by atoms with Crippen LogP contribution in [0.3, 0.4) is 0 Å². The maximum absolute atomic E-state index is 12.2. The second-order valence-electron chi connectivity index (χ2n) is 6.43. The number of benzene rings is 2. The Hall–Kier alpha value is -3.02. The number of carbonyl (C=O) groups excluding carboxylic acids is 2. The topological polar surface area (TPSA) is 79.5 Å². The molecule has 0 unspecified atom stereocenters. The predicted octanol–water partition coefficient (Wildman–Crippen LogP) is 3.66. The first kappa shape index (κ1) is 20.3. The molecule has 0 aromatic heterocycles. The van der Waals surface area contributed by atoms with Gasteiger partial charge in [-0.3, -0.25) is 9.59 Å². The van der Waals surface area contributed by atoms with Gasteiger partial charge in [-0.1, -0.05) is 19.1 Å². The summed E-state index contributed by atoms with van der Waals surface area (Å²) in [5.74, 6) is 0.408. The van der Waals surface area contributed by atoms with Crippen LogP contribution < -0.4 is 20.7 Å². The van der Waals surface area contributed by atoms with Crippen LogP contribution in [0, 0.1) is 0 Å². The zero-order valence-electron chi connectivity index (χ0n) is 16.0. The van der Waals surface area contributed by atoms with Crippen LogP contribution in [0.1, 0.15) is 37.6 Å². The molecule has 0 radical (unpaired) electrons. The molecule has 2 amide bonds. The first-order chi connectivity index (χ1) is 13.0. The second-order valence-corrected chi connectivity index (χ2v) is 6.43. The lowest BCUT2D eigenvalue weighted by Crippen LogP contribution is -2.24. The van der Waals surface area contributed by atoms with Gasteiger partial charge >= 0.3 is 0 Å². The van der Waals surface area contributed by atoms with E-state index in [2.05, 4.69) is 16.0 Å². The number of rotatable bonds is 9. The number of anilines is 2. The largest absolute Gasteiger partial charge is 0.491 e. The standard InChI is InChI=1S/C21H27N3O3/c1-4-11-22-21(26)16-7-5-8-17(12-16)23-14-20(25)24-18-9-6-10-19(13-18)27-15(2)3/h5-10,12-13,15,23H,4,11,14H2,1-3H3,(H,22,26)(H,24,25). The fraction of sp³-hybridized carbons (Fsp3) is 0.333. The normalized spacial score (nSPS) is 10.4. The van der Waals surface area contributed by atoms with Crippen molar-refractivity contribution in [2.75, 3.05) is 23.7 Å². The van der Waals surface area contributed by atoms with Gasteiger partial charge in [0.25, 0.3) is 5.91 Å². The van der Waals surface area contributed by atoms with Gasteiger partial charge in [-0.15, -0.1) is 0 Å². The van der Waals surface area contributed by atoms with E-state index in [0.29, 0.717) is 29.2 Å². The predicted molar refractivity (Wildman–Crippen MR) is 108 cm³/mol. The Labute approximate surface area is 160 Å². The van der Waals surface area contributed by atoms with E-state index in [1.165, 1.54) is 0 Å². The Bertz CT molecular complexity index is 775. The van der Waals surface area contributed by atoms with Gasteiger partial charge in [-0.25, -0.2) is 0 Å². The molecule has 0 aliphatic carbocycles. The lowest BCUT2D eigenvalue weighted by atomic mass is 10.2. The van der Waals surface area contributed by atoms with Gasteiger partial charge in [0.15, 0.2) is 0 Å². The molecule has 0 saturated heterocycles. The minimum Gasteiger partial charge on any atom is -0.491 e. The lowest BCUT2D eigenvalue weighted by Gasteiger charge is -2.12. The highest BCUT2D eigenvalue weighted by atomic mass is 16.5. The van der Waals surface area contributed by atoms with Gasteiger partial charge < -0.3 is 20.7 Å². The molecule has 0 fully saturated rings. The molecule has 3 N–H and O–H groups in total. The van der Waals surface area contributed by atoms with E-state index >= 15 is 0 Å². The van der Waals surface area contributed by atoms with E-state index in [1.54, 1.807) is 24.3 Å². The number of nitrogens with one attached hydrogen (secondary N) is 3. The number of carbonyl (C=O) groups is 2. The molecule has 0 heterocycles. The van der Waals surface area contributed by atoms with Crippen LogP contribution in [-0.2, 0) is 4.79 Å². The van der Waals surface area contributed by atoms with Crippen LogP contribution in [0.5, 0.6) is 5.75 Å². The third-order valence-corrected chi connectivity index (χ3v) is 3.60. The van der Waals surface area contributed by atoms with Crippen molar-refractivity contribution in [1.29, 1.82) is 0 Å². The molecule has 0 aliphatic heterocycles. The Morgan fingerprint density at radius 3 is 2.52 bits per heavy atom. The van der Waals surface area contributed by atoms with Crippen molar-refractivity contribution >= 4 is 23.2 Å². The maximum Gasteiger partial charge on any atom is 0.251 e. The highest BCUT2D eigenvalue weighted by molar-refractivity contribution is 5.96. The summed E-state index contributed by atoms with van der Waals surface area (Å²) in [7, 11) is 0. The summed E-state index contributed by atoms with van der Waals surface area (Å²) in [6.45, 7) is 6.63. The summed E-state index contributed by atoms with van der Waals surface area (Å²) in [6.07, 6.45) is 0.951. The monoisotopic (exact) mass is 369 g/mol. The molecular formula is C21H27N3O3. The molecule has 27 heavy (non-hydrogen) atoms. The third-order valence-electron chi connectivity index (χ3n) is 3.60. The van der Waals surface area contributed by atoms with Gasteiger partial charge in [-0.05, 0) is 50.6 Å². The minimum absolute atomic E-state index is 0.0689. The van der Waals surface area contributed by atoms with Crippen molar-refractivity contribution < 1.29 is 14.3 Å².